The van der Waals surface area contributed by atoms with Crippen LogP contribution in [0.3, 0.4) is 0 Å². The lowest BCUT2D eigenvalue weighted by Gasteiger charge is -2.25. The van der Waals surface area contributed by atoms with Crippen molar-refractivity contribution in [1.29, 1.82) is 0 Å². The van der Waals surface area contributed by atoms with Gasteiger partial charge >= 0.3 is 0 Å². The quantitative estimate of drug-likeness (QED) is 0.618. The Kier molecular flexibility index (Phi) is 3.14. The Balaban J connectivity index is 1.85. The van der Waals surface area contributed by atoms with Crippen molar-refractivity contribution < 1.29 is 9.52 Å². The zero-order chi connectivity index (χ0) is 14.1. The molecule has 1 atom stereocenters. The smallest absolute Gasteiger partial charge is 0.254 e. The van der Waals surface area contributed by atoms with Gasteiger partial charge in [-0.15, -0.1) is 0 Å². The molecule has 4 nitrogen and oxygen atoms in total. The van der Waals surface area contributed by atoms with Gasteiger partial charge in [-0.3, -0.25) is 4.79 Å². The Morgan fingerprint density at radius 3 is 2.70 bits per heavy atom. The summed E-state index contributed by atoms with van der Waals surface area (Å²) in [7, 11) is 1.83. The Labute approximate surface area is 117 Å². The molecule has 20 heavy (non-hydrogen) atoms. The van der Waals surface area contributed by atoms with Crippen LogP contribution in [-0.4, -0.2) is 17.9 Å². The molecule has 1 heterocycles. The maximum Gasteiger partial charge on any atom is 0.254 e. The molecule has 2 aromatic rings. The molecule has 0 fully saturated rings. The highest BCUT2D eigenvalue weighted by molar-refractivity contribution is 5.94. The second kappa shape index (κ2) is 4.96. The minimum Gasteiger partial charge on any atom is -0.619 e. The monoisotopic (exact) mass is 268 g/mol. The maximum atomic E-state index is 12.5. The molecule has 1 aromatic carbocycles. The largest absolute Gasteiger partial charge is 0.619 e. The number of fused-ring (bicyclic) bond motifs is 1. The van der Waals surface area contributed by atoms with Gasteiger partial charge in [0, 0.05) is 19.2 Å². The van der Waals surface area contributed by atoms with Gasteiger partial charge in [0.15, 0.2) is 12.4 Å². The van der Waals surface area contributed by atoms with E-state index in [4.69, 9.17) is 0 Å². The van der Waals surface area contributed by atoms with Crippen LogP contribution in [0.1, 0.15) is 33.9 Å². The van der Waals surface area contributed by atoms with E-state index >= 15 is 0 Å². The van der Waals surface area contributed by atoms with Gasteiger partial charge in [0.2, 0.25) is 0 Å². The van der Waals surface area contributed by atoms with Gasteiger partial charge < -0.3 is 10.1 Å². The van der Waals surface area contributed by atoms with E-state index in [1.54, 1.807) is 17.0 Å². The second-order valence-corrected chi connectivity index (χ2v) is 5.12. The first-order chi connectivity index (χ1) is 9.66. The van der Waals surface area contributed by atoms with Gasteiger partial charge in [0.05, 0.1) is 11.6 Å². The van der Waals surface area contributed by atoms with Gasteiger partial charge in [-0.25, -0.2) is 0 Å². The van der Waals surface area contributed by atoms with Crippen LogP contribution in [0.2, 0.25) is 0 Å². The molecule has 0 unspecified atom stereocenters. The third-order valence-corrected chi connectivity index (χ3v) is 3.94. The van der Waals surface area contributed by atoms with Crippen molar-refractivity contribution in [3.63, 3.8) is 0 Å². The molecular formula is C16H16N2O2. The van der Waals surface area contributed by atoms with Crippen LogP contribution < -0.4 is 4.73 Å². The summed E-state index contributed by atoms with van der Waals surface area (Å²) in [5.41, 5.74) is 3.10. The normalized spacial score (nSPS) is 16.8. The molecule has 1 aliphatic carbocycles. The summed E-state index contributed by atoms with van der Waals surface area (Å²) in [4.78, 5) is 14.2. The summed E-state index contributed by atoms with van der Waals surface area (Å²) in [6.45, 7) is 0. The van der Waals surface area contributed by atoms with E-state index in [-0.39, 0.29) is 11.9 Å². The van der Waals surface area contributed by atoms with Crippen molar-refractivity contribution in [2.75, 3.05) is 7.05 Å². The molecule has 0 bridgehead atoms. The number of amides is 1. The minimum absolute atomic E-state index is 0.0488. The first-order valence-corrected chi connectivity index (χ1v) is 6.70. The van der Waals surface area contributed by atoms with Gasteiger partial charge in [0.25, 0.3) is 5.91 Å². The number of nitrogens with zero attached hydrogens (tertiary/aromatic N) is 2. The van der Waals surface area contributed by atoms with Gasteiger partial charge in [-0.2, -0.15) is 4.73 Å². The van der Waals surface area contributed by atoms with Crippen LogP contribution in [0.25, 0.3) is 0 Å². The molecule has 0 spiro atoms. The molecule has 102 valence electrons. The summed E-state index contributed by atoms with van der Waals surface area (Å²) < 4.78 is 0.682. The highest BCUT2D eigenvalue weighted by atomic mass is 16.5. The fourth-order valence-electron chi connectivity index (χ4n) is 2.84. The topological polar surface area (TPSA) is 47.2 Å². The molecule has 1 amide bonds. The summed E-state index contributed by atoms with van der Waals surface area (Å²) in [5.74, 6) is -0.0488. The third-order valence-electron chi connectivity index (χ3n) is 3.94. The number of aromatic nitrogens is 1. The summed E-state index contributed by atoms with van der Waals surface area (Å²) >= 11 is 0. The van der Waals surface area contributed by atoms with Gasteiger partial charge in [-0.05, 0) is 24.0 Å². The number of benzene rings is 1. The maximum absolute atomic E-state index is 12.5. The standard InChI is InChI=1S/C16H16N2O2/c1-17(16(19)13-8-10-18(20)11-9-13)15-7-6-12-4-2-3-5-14(12)15/h2-5,8-11,15H,6-7H2,1H3/t15-/m1/s1. The first-order valence-electron chi connectivity index (χ1n) is 6.70. The molecule has 3 rings (SSSR count). The Bertz CT molecular complexity index is 637. The molecular weight excluding hydrogens is 252 g/mol. The fourth-order valence-corrected chi connectivity index (χ4v) is 2.84. The second-order valence-electron chi connectivity index (χ2n) is 5.12. The molecule has 0 aliphatic heterocycles. The average Bonchev–Trinajstić information content (AvgIpc) is 2.90. The van der Waals surface area contributed by atoms with Gasteiger partial charge in [0.1, 0.15) is 0 Å². The lowest BCUT2D eigenvalue weighted by atomic mass is 10.1. The number of pyridine rings is 1. The Morgan fingerprint density at radius 1 is 1.25 bits per heavy atom. The molecule has 1 aliphatic rings. The van der Waals surface area contributed by atoms with Crippen molar-refractivity contribution in [2.24, 2.45) is 0 Å². The van der Waals surface area contributed by atoms with Crippen LogP contribution in [0.15, 0.2) is 48.8 Å². The molecule has 4 heteroatoms. The SMILES string of the molecule is CN(C(=O)c1cc[n+]([O-])cc1)[C@@H]1CCc2ccccc21. The summed E-state index contributed by atoms with van der Waals surface area (Å²) in [6, 6.07) is 11.5. The molecule has 0 saturated carbocycles. The van der Waals surface area contributed by atoms with Crippen LogP contribution >= 0.6 is 0 Å². The number of carbonyl (C=O) groups is 1. The highest BCUT2D eigenvalue weighted by Gasteiger charge is 2.28. The van der Waals surface area contributed by atoms with E-state index in [2.05, 4.69) is 12.1 Å². The highest BCUT2D eigenvalue weighted by Crippen LogP contribution is 2.35. The lowest BCUT2D eigenvalue weighted by Crippen LogP contribution is -2.31. The number of rotatable bonds is 2. The van der Waals surface area contributed by atoms with Crippen LogP contribution in [0.5, 0.6) is 0 Å². The van der Waals surface area contributed by atoms with Crippen molar-refractivity contribution in [2.45, 2.75) is 18.9 Å². The van der Waals surface area contributed by atoms with Crippen LogP contribution in [0.4, 0.5) is 0 Å². The Morgan fingerprint density at radius 2 is 1.95 bits per heavy atom. The first kappa shape index (κ1) is 12.7. The molecule has 0 saturated heterocycles. The zero-order valence-electron chi connectivity index (χ0n) is 11.3. The number of hydrogen-bond acceptors (Lipinski definition) is 2. The average molecular weight is 268 g/mol. The van der Waals surface area contributed by atoms with E-state index < -0.39 is 0 Å². The van der Waals surface area contributed by atoms with Crippen molar-refractivity contribution in [1.82, 2.24) is 4.90 Å². The molecule has 1 aromatic heterocycles. The van der Waals surface area contributed by atoms with E-state index in [9.17, 15) is 10.0 Å². The third kappa shape index (κ3) is 2.13. The summed E-state index contributed by atoms with van der Waals surface area (Å²) in [5, 5.41) is 11.0. The van der Waals surface area contributed by atoms with Crippen molar-refractivity contribution in [3.8, 4) is 0 Å². The van der Waals surface area contributed by atoms with E-state index in [0.717, 1.165) is 12.8 Å². The Hall–Kier alpha value is -2.36. The number of hydrogen-bond donors (Lipinski definition) is 0. The molecule has 0 N–H and O–H groups in total. The van der Waals surface area contributed by atoms with Gasteiger partial charge in [-0.1, -0.05) is 24.3 Å². The summed E-state index contributed by atoms with van der Waals surface area (Å²) in [6.07, 6.45) is 4.66. The number of aryl methyl sites for hydroxylation is 1. The predicted octanol–water partition coefficient (Wildman–Crippen LogP) is 2.08. The fraction of sp³-hybridized carbons (Fsp3) is 0.250. The van der Waals surface area contributed by atoms with Crippen molar-refractivity contribution in [3.05, 3.63) is 70.7 Å². The minimum atomic E-state index is -0.0488. The van der Waals surface area contributed by atoms with Crippen LogP contribution in [0, 0.1) is 5.21 Å². The van der Waals surface area contributed by atoms with E-state index in [1.807, 2.05) is 19.2 Å². The lowest BCUT2D eigenvalue weighted by molar-refractivity contribution is -0.605. The predicted molar refractivity (Wildman–Crippen MR) is 75.0 cm³/mol. The van der Waals surface area contributed by atoms with E-state index in [0.29, 0.717) is 10.3 Å². The van der Waals surface area contributed by atoms with Crippen molar-refractivity contribution >= 4 is 5.91 Å². The van der Waals surface area contributed by atoms with E-state index in [1.165, 1.54) is 23.5 Å². The zero-order valence-corrected chi connectivity index (χ0v) is 11.3. The number of carbonyl (C=O) groups excluding carboxylic acids is 1. The van der Waals surface area contributed by atoms with Crippen LogP contribution in [-0.2, 0) is 6.42 Å². The molecule has 0 radical (unpaired) electrons.